The number of rotatable bonds is 12. The van der Waals surface area contributed by atoms with E-state index in [0.717, 1.165) is 13.0 Å². The minimum absolute atomic E-state index is 0.0888. The second-order valence-electron chi connectivity index (χ2n) is 8.50. The van der Waals surface area contributed by atoms with Gasteiger partial charge < -0.3 is 62.5 Å². The summed E-state index contributed by atoms with van der Waals surface area (Å²) in [7, 11) is 0. The van der Waals surface area contributed by atoms with Gasteiger partial charge in [0.05, 0.1) is 25.3 Å². The molecular formula is C23H32N6O11. The van der Waals surface area contributed by atoms with Crippen molar-refractivity contribution < 1.29 is 53.8 Å². The number of aliphatic hydroxyl groups is 2. The number of ether oxygens (including phenoxy) is 3. The standard InChI is InChI=1S/C23H32N6O11/c1-10(31)28-17-13(29-22(25)26)8-16(20(34)35)39-19(17)18(15(33)9-30)40-23(37)27-5-2-6-38-21(36)12-7-11(24)3-4-14(12)32/h3-4,7-8,13,15,17-19,30,32-33H,2,5-6,9,24H2,1H3,(H,27,37)(H,28,31)(H,34,35)(H4,25,26,29)/t13-,15+,17+,18+,19+/m0/s1. The van der Waals surface area contributed by atoms with E-state index in [-0.39, 0.29) is 36.6 Å². The number of nitrogens with zero attached hydrogens (tertiary/aromatic N) is 1. The molecule has 40 heavy (non-hydrogen) atoms. The highest BCUT2D eigenvalue weighted by atomic mass is 16.6. The molecule has 220 valence electrons. The van der Waals surface area contributed by atoms with Crippen LogP contribution < -0.4 is 27.8 Å². The molecule has 0 aliphatic carbocycles. The fourth-order valence-electron chi connectivity index (χ4n) is 3.65. The van der Waals surface area contributed by atoms with Crippen LogP contribution in [0.4, 0.5) is 10.5 Å². The molecule has 17 heteroatoms. The number of aliphatic hydroxyl groups excluding tert-OH is 2. The number of guanidine groups is 1. The van der Waals surface area contributed by atoms with Crippen molar-refractivity contribution in [1.82, 2.24) is 10.6 Å². The number of aliphatic carboxylic acids is 1. The smallest absolute Gasteiger partial charge is 0.407 e. The van der Waals surface area contributed by atoms with Crippen LogP contribution in [0.15, 0.2) is 35.0 Å². The van der Waals surface area contributed by atoms with E-state index in [2.05, 4.69) is 15.6 Å². The number of benzene rings is 1. The number of phenols is 1. The molecule has 0 saturated carbocycles. The Bertz CT molecular complexity index is 1150. The number of carboxylic acid groups (broad SMARTS) is 1. The number of nitrogen functional groups attached to an aromatic ring is 1. The maximum atomic E-state index is 12.5. The van der Waals surface area contributed by atoms with Gasteiger partial charge in [-0.1, -0.05) is 0 Å². The number of anilines is 1. The highest BCUT2D eigenvalue weighted by molar-refractivity contribution is 5.93. The van der Waals surface area contributed by atoms with E-state index in [4.69, 9.17) is 31.4 Å². The molecule has 0 bridgehead atoms. The Labute approximate surface area is 227 Å². The van der Waals surface area contributed by atoms with Gasteiger partial charge in [-0.3, -0.25) is 4.79 Å². The molecule has 5 atom stereocenters. The quantitative estimate of drug-likeness (QED) is 0.0314. The Kier molecular flexibility index (Phi) is 11.3. The Balaban J connectivity index is 2.08. The zero-order valence-electron chi connectivity index (χ0n) is 21.4. The summed E-state index contributed by atoms with van der Waals surface area (Å²) in [5, 5.41) is 44.0. The maximum absolute atomic E-state index is 12.5. The molecule has 2 rings (SSSR count). The number of alkyl carbamates (subject to hydrolysis) is 1. The fourth-order valence-corrected chi connectivity index (χ4v) is 3.65. The van der Waals surface area contributed by atoms with Crippen LogP contribution in [0.25, 0.3) is 0 Å². The number of carbonyl (C=O) groups excluding carboxylic acids is 3. The normalized spacial score (nSPS) is 19.6. The van der Waals surface area contributed by atoms with Gasteiger partial charge in [0, 0.05) is 19.2 Å². The molecule has 0 radical (unpaired) electrons. The summed E-state index contributed by atoms with van der Waals surface area (Å²) in [5.74, 6) is -4.41. The zero-order chi connectivity index (χ0) is 30.0. The predicted molar refractivity (Wildman–Crippen MR) is 137 cm³/mol. The molecule has 0 saturated heterocycles. The number of hydrogen-bond acceptors (Lipinski definition) is 12. The summed E-state index contributed by atoms with van der Waals surface area (Å²) in [6.45, 7) is -0.0453. The van der Waals surface area contributed by atoms with Gasteiger partial charge in [-0.25, -0.2) is 19.4 Å². The monoisotopic (exact) mass is 568 g/mol. The van der Waals surface area contributed by atoms with Crippen molar-refractivity contribution in [1.29, 1.82) is 0 Å². The first-order valence-electron chi connectivity index (χ1n) is 11.8. The maximum Gasteiger partial charge on any atom is 0.407 e. The van der Waals surface area contributed by atoms with E-state index < -0.39 is 72.7 Å². The molecule has 1 aliphatic heterocycles. The van der Waals surface area contributed by atoms with Gasteiger partial charge in [-0.2, -0.15) is 0 Å². The topological polar surface area (TPSA) is 291 Å². The molecule has 17 nitrogen and oxygen atoms in total. The fraction of sp³-hybridized carbons (Fsp3) is 0.435. The van der Waals surface area contributed by atoms with Crippen molar-refractivity contribution in [3.63, 3.8) is 0 Å². The Morgan fingerprint density at radius 1 is 1.23 bits per heavy atom. The third-order valence-electron chi connectivity index (χ3n) is 5.38. The van der Waals surface area contributed by atoms with Crippen molar-refractivity contribution >= 4 is 35.6 Å². The molecule has 0 aromatic heterocycles. The number of nitrogens with two attached hydrogens (primary N) is 3. The lowest BCUT2D eigenvalue weighted by Gasteiger charge is -2.39. The molecule has 1 heterocycles. The lowest BCUT2D eigenvalue weighted by Crippen LogP contribution is -2.61. The number of aromatic hydroxyl groups is 1. The van der Waals surface area contributed by atoms with E-state index >= 15 is 0 Å². The first-order chi connectivity index (χ1) is 18.8. The molecular weight excluding hydrogens is 536 g/mol. The Hall–Kier alpha value is -4.77. The van der Waals surface area contributed by atoms with Crippen molar-refractivity contribution in [3.05, 3.63) is 35.6 Å². The summed E-state index contributed by atoms with van der Waals surface area (Å²) in [5.41, 5.74) is 16.6. The van der Waals surface area contributed by atoms with Gasteiger partial charge in [0.1, 0.15) is 17.4 Å². The Morgan fingerprint density at radius 3 is 2.52 bits per heavy atom. The van der Waals surface area contributed by atoms with Crippen LogP contribution in [-0.2, 0) is 23.8 Å². The summed E-state index contributed by atoms with van der Waals surface area (Å²) >= 11 is 0. The minimum Gasteiger partial charge on any atom is -0.507 e. The van der Waals surface area contributed by atoms with Gasteiger partial charge in [-0.05, 0) is 30.7 Å². The van der Waals surface area contributed by atoms with E-state index in [1.54, 1.807) is 0 Å². The molecule has 0 fully saturated rings. The van der Waals surface area contributed by atoms with Gasteiger partial charge in [0.15, 0.2) is 18.2 Å². The van der Waals surface area contributed by atoms with Crippen LogP contribution in [0.2, 0.25) is 0 Å². The summed E-state index contributed by atoms with van der Waals surface area (Å²) in [6.07, 6.45) is -5.06. The molecule has 0 spiro atoms. The van der Waals surface area contributed by atoms with Gasteiger partial charge in [0.2, 0.25) is 11.7 Å². The van der Waals surface area contributed by atoms with Crippen LogP contribution in [0.1, 0.15) is 23.7 Å². The minimum atomic E-state index is -1.79. The van der Waals surface area contributed by atoms with Crippen LogP contribution in [-0.4, -0.2) is 100 Å². The molecule has 0 unspecified atom stereocenters. The number of carbonyl (C=O) groups is 4. The number of carboxylic acids is 1. The van der Waals surface area contributed by atoms with Crippen LogP contribution >= 0.6 is 0 Å². The van der Waals surface area contributed by atoms with Crippen molar-refractivity contribution in [3.8, 4) is 5.75 Å². The molecule has 1 aliphatic rings. The predicted octanol–water partition coefficient (Wildman–Crippen LogP) is -2.52. The second kappa shape index (κ2) is 14.4. The van der Waals surface area contributed by atoms with Crippen molar-refractivity contribution in [2.24, 2.45) is 16.5 Å². The molecule has 1 aromatic rings. The van der Waals surface area contributed by atoms with E-state index in [1.165, 1.54) is 18.2 Å². The average Bonchev–Trinajstić information content (AvgIpc) is 2.88. The highest BCUT2D eigenvalue weighted by Crippen LogP contribution is 2.26. The lowest BCUT2D eigenvalue weighted by molar-refractivity contribution is -0.146. The SMILES string of the molecule is CC(=O)N[C@H]1[C@H]([C@H](OC(=O)NCCCOC(=O)c2cc(N)ccc2O)[C@H](O)CO)OC(C(=O)O)=C[C@@H]1N=C(N)N. The van der Waals surface area contributed by atoms with E-state index in [1.807, 2.05) is 0 Å². The Morgan fingerprint density at radius 2 is 1.93 bits per heavy atom. The number of nitrogens with one attached hydrogen (secondary N) is 2. The van der Waals surface area contributed by atoms with Crippen LogP contribution in [0.3, 0.4) is 0 Å². The number of amides is 2. The highest BCUT2D eigenvalue weighted by Gasteiger charge is 2.46. The summed E-state index contributed by atoms with van der Waals surface area (Å²) < 4.78 is 15.7. The molecule has 12 N–H and O–H groups in total. The van der Waals surface area contributed by atoms with Gasteiger partial charge in [-0.15, -0.1) is 0 Å². The van der Waals surface area contributed by atoms with Gasteiger partial charge in [0.25, 0.3) is 0 Å². The molecule has 1 aromatic carbocycles. The number of phenolic OH excluding ortho intramolecular Hbond substituents is 1. The average molecular weight is 569 g/mol. The van der Waals surface area contributed by atoms with E-state index in [0.29, 0.717) is 0 Å². The summed E-state index contributed by atoms with van der Waals surface area (Å²) in [6, 6.07) is 1.45. The van der Waals surface area contributed by atoms with Gasteiger partial charge >= 0.3 is 18.0 Å². The third-order valence-corrected chi connectivity index (χ3v) is 5.38. The number of esters is 1. The summed E-state index contributed by atoms with van der Waals surface area (Å²) in [4.78, 5) is 52.0. The second-order valence-corrected chi connectivity index (χ2v) is 8.50. The molecule has 2 amide bonds. The number of aliphatic imine (C=N–C) groups is 1. The first kappa shape index (κ1) is 31.4. The first-order valence-corrected chi connectivity index (χ1v) is 11.8. The lowest BCUT2D eigenvalue weighted by atomic mass is 9.92. The van der Waals surface area contributed by atoms with Crippen molar-refractivity contribution in [2.45, 2.75) is 43.7 Å². The van der Waals surface area contributed by atoms with Crippen LogP contribution in [0, 0.1) is 0 Å². The van der Waals surface area contributed by atoms with Crippen LogP contribution in [0.5, 0.6) is 5.75 Å². The van der Waals surface area contributed by atoms with Crippen molar-refractivity contribution in [2.75, 3.05) is 25.5 Å². The third kappa shape index (κ3) is 8.91. The number of hydrogen-bond donors (Lipinski definition) is 9. The largest absolute Gasteiger partial charge is 0.507 e. The zero-order valence-corrected chi connectivity index (χ0v) is 21.4. The van der Waals surface area contributed by atoms with E-state index in [9.17, 15) is 39.6 Å².